The van der Waals surface area contributed by atoms with Gasteiger partial charge in [-0.3, -0.25) is 4.79 Å². The maximum absolute atomic E-state index is 9.97. The second-order valence-electron chi connectivity index (χ2n) is 4.90. The molecule has 1 amide bonds. The Morgan fingerprint density at radius 1 is 1.12 bits per heavy atom. The van der Waals surface area contributed by atoms with Gasteiger partial charge in [0.2, 0.25) is 12.4 Å². The van der Waals surface area contributed by atoms with Gasteiger partial charge in [-0.1, -0.05) is 42.2 Å². The highest BCUT2D eigenvalue weighted by Crippen LogP contribution is 2.18. The van der Waals surface area contributed by atoms with E-state index in [0.717, 1.165) is 23.6 Å². The molecule has 3 rings (SSSR count). The number of benzene rings is 1. The molecule has 3 N–H and O–H groups in total. The molecule has 1 aromatic carbocycles. The van der Waals surface area contributed by atoms with Gasteiger partial charge in [-0.05, 0) is 42.8 Å². The Kier molecular flexibility index (Phi) is 9.19. The van der Waals surface area contributed by atoms with Gasteiger partial charge < -0.3 is 15.6 Å². The van der Waals surface area contributed by atoms with Crippen molar-refractivity contribution in [2.75, 3.05) is 11.9 Å². The monoisotopic (exact) mass is 415 g/mol. The van der Waals surface area contributed by atoms with Gasteiger partial charge in [0, 0.05) is 23.1 Å². The lowest BCUT2D eigenvalue weighted by atomic mass is 10.2. The molecular formula is C17H20Cl3N5O. The van der Waals surface area contributed by atoms with Crippen molar-refractivity contribution in [2.24, 2.45) is 0 Å². The van der Waals surface area contributed by atoms with Crippen LogP contribution in [0.5, 0.6) is 0 Å². The molecule has 0 aliphatic heterocycles. The molecule has 2 aromatic heterocycles. The largest absolute Gasteiger partial charge is 0.356 e. The summed E-state index contributed by atoms with van der Waals surface area (Å²) in [7, 11) is 0. The molecule has 0 aliphatic carbocycles. The van der Waals surface area contributed by atoms with Gasteiger partial charge in [0.05, 0.1) is 5.52 Å². The van der Waals surface area contributed by atoms with Gasteiger partial charge in [0.25, 0.3) is 0 Å². The summed E-state index contributed by atoms with van der Waals surface area (Å²) < 4.78 is 0. The summed E-state index contributed by atoms with van der Waals surface area (Å²) in [5.41, 5.74) is 2.42. The number of nitrogens with one attached hydrogen (secondary N) is 3. The van der Waals surface area contributed by atoms with Crippen molar-refractivity contribution in [3.63, 3.8) is 0 Å². The van der Waals surface area contributed by atoms with E-state index in [4.69, 9.17) is 34.8 Å². The third-order valence-electron chi connectivity index (χ3n) is 2.97. The topological polar surface area (TPSA) is 82.7 Å². The molecule has 0 spiro atoms. The van der Waals surface area contributed by atoms with E-state index in [1.165, 1.54) is 0 Å². The van der Waals surface area contributed by atoms with Crippen molar-refractivity contribution < 1.29 is 4.79 Å². The molecule has 0 bridgehead atoms. The molecule has 0 aliphatic rings. The third-order valence-corrected chi connectivity index (χ3v) is 3.61. The maximum Gasteiger partial charge on any atom is 0.207 e. The highest BCUT2D eigenvalue weighted by atomic mass is 35.5. The number of nitrogens with zero attached hydrogens (tertiary/aromatic N) is 2. The van der Waals surface area contributed by atoms with E-state index in [1.54, 1.807) is 24.3 Å². The second-order valence-corrected chi connectivity index (χ2v) is 6.16. The summed E-state index contributed by atoms with van der Waals surface area (Å²) in [5, 5.41) is 7.20. The number of pyridine rings is 1. The molecule has 3 aromatic rings. The number of hydrogen-bond acceptors (Lipinski definition) is 4. The molecule has 9 heteroatoms. The third kappa shape index (κ3) is 6.71. The smallest absolute Gasteiger partial charge is 0.207 e. The van der Waals surface area contributed by atoms with Gasteiger partial charge in [-0.2, -0.15) is 4.98 Å². The normalized spacial score (nSPS) is 9.69. The van der Waals surface area contributed by atoms with E-state index in [9.17, 15) is 4.79 Å². The first-order chi connectivity index (χ1) is 12.0. The Morgan fingerprint density at radius 2 is 1.81 bits per heavy atom. The van der Waals surface area contributed by atoms with Crippen LogP contribution in [0.3, 0.4) is 0 Å². The molecule has 0 atom stereocenters. The van der Waals surface area contributed by atoms with Gasteiger partial charge in [-0.15, -0.1) is 0 Å². The van der Waals surface area contributed by atoms with Crippen molar-refractivity contribution in [3.05, 3.63) is 51.1 Å². The highest BCUT2D eigenvalue weighted by Gasteiger charge is 2.02. The SMILES string of the molecule is C.CCNc1nc2nc(Cl)ccc2[nH]1.O=CNCc1cc(Cl)cc(Cl)c1. The van der Waals surface area contributed by atoms with Crippen LogP contribution in [0.2, 0.25) is 15.2 Å². The van der Waals surface area contributed by atoms with E-state index >= 15 is 0 Å². The number of aromatic nitrogens is 3. The average Bonchev–Trinajstić information content (AvgIpc) is 2.94. The van der Waals surface area contributed by atoms with E-state index in [-0.39, 0.29) is 7.43 Å². The predicted octanol–water partition coefficient (Wildman–Crippen LogP) is 4.92. The van der Waals surface area contributed by atoms with Gasteiger partial charge >= 0.3 is 0 Å². The Morgan fingerprint density at radius 3 is 2.42 bits per heavy atom. The minimum absolute atomic E-state index is 0. The van der Waals surface area contributed by atoms with Crippen LogP contribution in [0.25, 0.3) is 11.2 Å². The Bertz CT molecular complexity index is 833. The minimum atomic E-state index is 0. The molecule has 0 saturated heterocycles. The first-order valence-corrected chi connectivity index (χ1v) is 8.53. The molecule has 0 radical (unpaired) electrons. The number of carbonyl (C=O) groups excluding carboxylic acids is 1. The van der Waals surface area contributed by atoms with Crippen molar-refractivity contribution in [2.45, 2.75) is 20.9 Å². The van der Waals surface area contributed by atoms with Crippen LogP contribution in [-0.4, -0.2) is 27.9 Å². The van der Waals surface area contributed by atoms with Crippen LogP contribution < -0.4 is 10.6 Å². The molecule has 26 heavy (non-hydrogen) atoms. The van der Waals surface area contributed by atoms with Gasteiger partial charge in [0.15, 0.2) is 5.65 Å². The Balaban J connectivity index is 0.000000251. The van der Waals surface area contributed by atoms with Crippen LogP contribution in [0, 0.1) is 0 Å². The maximum atomic E-state index is 9.97. The fourth-order valence-corrected chi connectivity index (χ4v) is 2.71. The lowest BCUT2D eigenvalue weighted by Crippen LogP contribution is -2.09. The van der Waals surface area contributed by atoms with Crippen LogP contribution in [0.4, 0.5) is 5.95 Å². The molecule has 6 nitrogen and oxygen atoms in total. The number of rotatable bonds is 5. The van der Waals surface area contributed by atoms with Crippen molar-refractivity contribution >= 4 is 58.3 Å². The summed E-state index contributed by atoms with van der Waals surface area (Å²) in [6, 6.07) is 8.75. The van der Waals surface area contributed by atoms with Crippen LogP contribution >= 0.6 is 34.8 Å². The van der Waals surface area contributed by atoms with Crippen molar-refractivity contribution in [3.8, 4) is 0 Å². The average molecular weight is 417 g/mol. The lowest BCUT2D eigenvalue weighted by molar-refractivity contribution is -0.109. The Hall–Kier alpha value is -2.02. The summed E-state index contributed by atoms with van der Waals surface area (Å²) >= 11 is 17.2. The zero-order valence-corrected chi connectivity index (χ0v) is 15.6. The summed E-state index contributed by atoms with van der Waals surface area (Å²) in [4.78, 5) is 21.3. The van der Waals surface area contributed by atoms with Crippen LogP contribution in [-0.2, 0) is 11.3 Å². The number of imidazole rings is 1. The standard InChI is InChI=1S/C8H7Cl2NO.C8H9ClN4.CH4/c9-7-1-6(4-11-5-12)2-8(10)3-7;1-2-10-8-11-5-3-4-6(9)12-7(5)13-8;/h1-3,5H,4H2,(H,11,12);3-4H,2H2,1H3,(H2,10,11,12,13);1H4. The first kappa shape index (κ1) is 22.0. The molecule has 0 saturated carbocycles. The fraction of sp³-hybridized carbons (Fsp3) is 0.235. The highest BCUT2D eigenvalue weighted by molar-refractivity contribution is 6.34. The molecule has 140 valence electrons. The number of hydrogen-bond donors (Lipinski definition) is 3. The molecule has 0 fully saturated rings. The van der Waals surface area contributed by atoms with E-state index in [0.29, 0.717) is 33.8 Å². The van der Waals surface area contributed by atoms with Crippen LogP contribution in [0.1, 0.15) is 19.9 Å². The second kappa shape index (κ2) is 10.9. The predicted molar refractivity (Wildman–Crippen MR) is 109 cm³/mol. The fourth-order valence-electron chi connectivity index (χ4n) is 1.99. The Labute approximate surface area is 167 Å². The molecule has 0 unspecified atom stereocenters. The number of H-pyrrole nitrogens is 1. The summed E-state index contributed by atoms with van der Waals surface area (Å²) in [5.74, 6) is 0.729. The summed E-state index contributed by atoms with van der Waals surface area (Å²) in [6.45, 7) is 3.28. The molecule has 2 heterocycles. The lowest BCUT2D eigenvalue weighted by Gasteiger charge is -2.00. The number of anilines is 1. The summed E-state index contributed by atoms with van der Waals surface area (Å²) in [6.07, 6.45) is 0.634. The van der Waals surface area contributed by atoms with E-state index in [2.05, 4.69) is 25.6 Å². The number of fused-ring (bicyclic) bond motifs is 1. The van der Waals surface area contributed by atoms with Crippen LogP contribution in [0.15, 0.2) is 30.3 Å². The van der Waals surface area contributed by atoms with Gasteiger partial charge in [0.1, 0.15) is 5.15 Å². The van der Waals surface area contributed by atoms with Gasteiger partial charge in [-0.25, -0.2) is 4.98 Å². The number of amides is 1. The quantitative estimate of drug-likeness (QED) is 0.407. The van der Waals surface area contributed by atoms with E-state index in [1.807, 2.05) is 13.0 Å². The molecular weight excluding hydrogens is 397 g/mol. The zero-order valence-electron chi connectivity index (χ0n) is 13.3. The van der Waals surface area contributed by atoms with E-state index < -0.39 is 0 Å². The zero-order chi connectivity index (χ0) is 18.2. The number of halogens is 3. The number of aromatic amines is 1. The van der Waals surface area contributed by atoms with Crippen molar-refractivity contribution in [1.82, 2.24) is 20.3 Å². The first-order valence-electron chi connectivity index (χ1n) is 7.40. The minimum Gasteiger partial charge on any atom is -0.356 e. The number of carbonyl (C=O) groups is 1. The van der Waals surface area contributed by atoms with Crippen molar-refractivity contribution in [1.29, 1.82) is 0 Å².